The molecule has 2 nitrogen and oxygen atoms in total. The van der Waals surface area contributed by atoms with Gasteiger partial charge in [0, 0.05) is 0 Å². The Kier molecular flexibility index (Phi) is 1.34. The fourth-order valence-electron chi connectivity index (χ4n) is 0. The van der Waals surface area contributed by atoms with Gasteiger partial charge in [0.1, 0.15) is 0 Å². The average Bonchev–Trinajstić information content (AvgIpc) is 1.35. The average molecular weight is 91.0 g/mol. The van der Waals surface area contributed by atoms with Crippen LogP contribution in [0.2, 0.25) is 0 Å². The third-order valence-electron chi connectivity index (χ3n) is 0.141. The summed E-state index contributed by atoms with van der Waals surface area (Å²) in [4.78, 5) is 0. The SMILES string of the molecule is [3H][P-]/N=C(\C)[O-]. The number of hydrogen-bond donors (Lipinski definition) is 0. The second-order valence-corrected chi connectivity index (χ2v) is 0.819. The molecule has 0 bridgehead atoms. The maximum atomic E-state index is 9.75. The van der Waals surface area contributed by atoms with Gasteiger partial charge in [-0.15, -0.1) is 0 Å². The molecule has 0 N–H and O–H groups in total. The molecule has 30 valence electrons. The third-order valence-corrected chi connectivity index (χ3v) is 0.422. The molecule has 0 atom stereocenters. The summed E-state index contributed by atoms with van der Waals surface area (Å²) in [6, 6.07) is 0. The van der Waals surface area contributed by atoms with Gasteiger partial charge < -0.3 is 19.2 Å². The predicted molar refractivity (Wildman–Crippen MR) is 21.4 cm³/mol. The van der Waals surface area contributed by atoms with Crippen molar-refractivity contribution in [3.63, 3.8) is 0 Å². The van der Waals surface area contributed by atoms with Crippen LogP contribution in [0.1, 0.15) is 6.92 Å². The molecule has 0 rings (SSSR count). The van der Waals surface area contributed by atoms with Crippen LogP contribution in [0.25, 0.3) is 0 Å². The minimum absolute atomic E-state index is 0.0494. The summed E-state index contributed by atoms with van der Waals surface area (Å²) < 4.78 is 9.44. The van der Waals surface area contributed by atoms with Crippen molar-refractivity contribution in [1.82, 2.24) is 0 Å². The van der Waals surface area contributed by atoms with Gasteiger partial charge in [-0.2, -0.15) is 1.28 Å². The molecule has 0 aliphatic carbocycles. The Labute approximate surface area is 34.5 Å². The van der Waals surface area contributed by atoms with Gasteiger partial charge >= 0.3 is 0 Å². The van der Waals surface area contributed by atoms with Gasteiger partial charge in [-0.3, -0.25) is 0 Å². The molecule has 5 heavy (non-hydrogen) atoms. The van der Waals surface area contributed by atoms with E-state index >= 15 is 0 Å². The second-order valence-electron chi connectivity index (χ2n) is 0.619. The maximum Gasteiger partial charge on any atom is -0.0400 e. The van der Waals surface area contributed by atoms with E-state index in [2.05, 4.69) is 4.76 Å². The molecule has 0 heterocycles. The molecule has 0 unspecified atom stereocenters. The number of nitrogens with zero attached hydrogens (tertiary/aromatic N) is 1. The van der Waals surface area contributed by atoms with Crippen LogP contribution in [-0.4, -0.2) is 7.18 Å². The van der Waals surface area contributed by atoms with Crippen LogP contribution < -0.4 is 5.11 Å². The first-order valence-corrected chi connectivity index (χ1v) is 1.53. The van der Waals surface area contributed by atoms with E-state index in [1.807, 2.05) is 0 Å². The smallest absolute Gasteiger partial charge is 0.0400 e. The lowest BCUT2D eigenvalue weighted by Crippen LogP contribution is -2.09. The highest BCUT2D eigenvalue weighted by atomic mass is 31.0. The summed E-state index contributed by atoms with van der Waals surface area (Å²) in [5.41, 5.74) is 0. The summed E-state index contributed by atoms with van der Waals surface area (Å²) in [6.45, 7) is 1.32. The van der Waals surface area contributed by atoms with Crippen LogP contribution in [0.4, 0.5) is 0 Å². The van der Waals surface area contributed by atoms with E-state index in [0.29, 0.717) is 0 Å². The molecule has 0 aliphatic heterocycles. The molecule has 0 aromatic carbocycles. The van der Waals surface area contributed by atoms with Crippen molar-refractivity contribution in [3.05, 3.63) is 0 Å². The third kappa shape index (κ3) is 3.90. The van der Waals surface area contributed by atoms with Crippen LogP contribution in [-0.2, 0) is 0 Å². The summed E-state index contributed by atoms with van der Waals surface area (Å²) in [6.07, 6.45) is 0. The van der Waals surface area contributed by atoms with Crippen LogP contribution in [0.5, 0.6) is 0 Å². The monoisotopic (exact) mass is 91.0 g/mol. The van der Waals surface area contributed by atoms with E-state index in [0.717, 1.165) is 0 Å². The summed E-state index contributed by atoms with van der Waals surface area (Å²) in [5, 5.41) is 9.75. The Morgan fingerprint density at radius 3 is 3.00 bits per heavy atom. The van der Waals surface area contributed by atoms with Crippen molar-refractivity contribution >= 4 is 15.2 Å². The Balaban J connectivity index is 3.14. The zero-order valence-corrected chi connectivity index (χ0v) is 3.70. The largest absolute Gasteiger partial charge is 0.864 e. The van der Waals surface area contributed by atoms with E-state index in [1.165, 1.54) is 6.92 Å². The fraction of sp³-hybridized carbons (Fsp3) is 0.500. The van der Waals surface area contributed by atoms with Gasteiger partial charge in [0.25, 0.3) is 0 Å². The highest BCUT2D eigenvalue weighted by Crippen LogP contribution is 1.76. The maximum absolute atomic E-state index is 9.75. The van der Waals surface area contributed by atoms with Gasteiger partial charge in [0.05, 0.1) is 0 Å². The van der Waals surface area contributed by atoms with Gasteiger partial charge in [0.15, 0.2) is 0 Å². The van der Waals surface area contributed by atoms with Gasteiger partial charge in [0.2, 0.25) is 0 Å². The molecule has 3 heteroatoms. The van der Waals surface area contributed by atoms with E-state index in [1.54, 1.807) is 0 Å². The molecule has 0 aromatic rings. The number of hydrogen-bond acceptors (Lipinski definition) is 2. The van der Waals surface area contributed by atoms with E-state index in [-0.39, 0.29) is 15.2 Å². The standard InChI is InChI=1S/C2H5NOP/c1-2(4)3-5/h5H,1H3,(H,3,4)/q-1/p-1/i5T. The lowest BCUT2D eigenvalue weighted by molar-refractivity contribution is -0.215. The molecule has 0 amide bonds. The van der Waals surface area contributed by atoms with Crippen molar-refractivity contribution in [2.45, 2.75) is 6.92 Å². The van der Waals surface area contributed by atoms with Crippen molar-refractivity contribution < 1.29 is 5.11 Å². The summed E-state index contributed by atoms with van der Waals surface area (Å²) in [5.74, 6) is -0.285. The lowest BCUT2D eigenvalue weighted by atomic mass is 10.8. The molecular weight excluding hydrogens is 85.0 g/mol. The summed E-state index contributed by atoms with van der Waals surface area (Å²) >= 11 is 0. The first-order chi connectivity index (χ1) is 2.77. The zero-order chi connectivity index (χ0) is 4.99. The van der Waals surface area contributed by atoms with Crippen molar-refractivity contribution in [1.29, 1.82) is 1.28 Å². The highest BCUT2D eigenvalue weighted by molar-refractivity contribution is 7.15. The molecule has 0 fully saturated rings. The van der Waals surface area contributed by atoms with Crippen molar-refractivity contribution in [3.8, 4) is 0 Å². The first-order valence-electron chi connectivity index (χ1n) is 1.57. The molecule has 0 saturated carbocycles. The predicted octanol–water partition coefficient (Wildman–Crippen LogP) is -0.177. The van der Waals surface area contributed by atoms with E-state index in [4.69, 9.17) is 1.28 Å². The van der Waals surface area contributed by atoms with Gasteiger partial charge in [-0.1, -0.05) is 5.90 Å². The quantitative estimate of drug-likeness (QED) is 0.250. The van der Waals surface area contributed by atoms with Crippen molar-refractivity contribution in [2.24, 2.45) is 4.76 Å². The van der Waals surface area contributed by atoms with Crippen LogP contribution in [0, 0.1) is 0 Å². The molecule has 0 saturated heterocycles. The van der Waals surface area contributed by atoms with Gasteiger partial charge in [-0.05, 0) is 6.92 Å². The Morgan fingerprint density at radius 1 is 2.40 bits per heavy atom. The highest BCUT2D eigenvalue weighted by Gasteiger charge is 1.41. The normalized spacial score (nSPS) is 17.0. The zero-order valence-electron chi connectivity index (χ0n) is 3.80. The van der Waals surface area contributed by atoms with Crippen LogP contribution >= 0.6 is 9.34 Å². The Bertz CT molecular complexity index is 60.6. The van der Waals surface area contributed by atoms with Crippen molar-refractivity contribution in [2.75, 3.05) is 0 Å². The molecule has 0 aromatic heterocycles. The Hall–Kier alpha value is -0.100. The first kappa shape index (κ1) is 3.10. The Morgan fingerprint density at radius 2 is 3.00 bits per heavy atom. The second kappa shape index (κ2) is 2.16. The minimum Gasteiger partial charge on any atom is -0.864 e. The van der Waals surface area contributed by atoms with Gasteiger partial charge in [-0.25, -0.2) is 0 Å². The van der Waals surface area contributed by atoms with E-state index in [9.17, 15) is 5.11 Å². The molecule has 0 radical (unpaired) electrons. The van der Waals surface area contributed by atoms with Crippen LogP contribution in [0.15, 0.2) is 4.76 Å². The fourth-order valence-corrected chi connectivity index (χ4v) is 0. The topological polar surface area (TPSA) is 35.4 Å². The molecule has 0 aliphatic rings. The lowest BCUT2D eigenvalue weighted by Gasteiger charge is -2.01. The van der Waals surface area contributed by atoms with Crippen LogP contribution in [0.3, 0.4) is 0 Å². The van der Waals surface area contributed by atoms with E-state index < -0.39 is 0 Å². The molecular formula is C2H4NOP-2. The minimum atomic E-state index is -0.285. The number of rotatable bonds is 1. The molecule has 0 spiro atoms. The summed E-state index contributed by atoms with van der Waals surface area (Å²) in [7, 11) is 0.0494.